The van der Waals surface area contributed by atoms with E-state index in [0.717, 1.165) is 35.1 Å². The van der Waals surface area contributed by atoms with Gasteiger partial charge in [-0.05, 0) is 39.5 Å². The minimum absolute atomic E-state index is 0.0152. The second-order valence-corrected chi connectivity index (χ2v) is 11.1. The maximum absolute atomic E-state index is 13.6. The summed E-state index contributed by atoms with van der Waals surface area (Å²) in [5, 5.41) is 36.5. The number of aliphatic carboxylic acids is 1. The predicted molar refractivity (Wildman–Crippen MR) is 171 cm³/mol. The molecule has 1 amide bonds. The molecule has 5 aromatic rings. The van der Waals surface area contributed by atoms with Gasteiger partial charge in [-0.3, -0.25) is 4.79 Å². The number of carbonyl (C=O) groups is 2. The quantitative estimate of drug-likeness (QED) is 0.103. The van der Waals surface area contributed by atoms with Crippen molar-refractivity contribution in [3.8, 4) is 22.5 Å². The third kappa shape index (κ3) is 8.16. The SMILES string of the molecule is CCCCc1nc(Cl)c(C(=O)NC(Cc2ccc(CO[N+](=O)[O-])cc2)C(=O)O)n1Cc1ccc(-c2ccccc2-c2nn[nH]n2)cc1. The van der Waals surface area contributed by atoms with Crippen molar-refractivity contribution >= 4 is 23.5 Å². The molecule has 2 heterocycles. The van der Waals surface area contributed by atoms with Crippen LogP contribution < -0.4 is 5.32 Å². The highest BCUT2D eigenvalue weighted by Crippen LogP contribution is 2.30. The van der Waals surface area contributed by atoms with Crippen LogP contribution in [0, 0.1) is 10.1 Å². The maximum Gasteiger partial charge on any atom is 0.326 e. The van der Waals surface area contributed by atoms with Gasteiger partial charge in [0.15, 0.2) is 5.15 Å². The van der Waals surface area contributed by atoms with Crippen LogP contribution in [0.1, 0.15) is 52.8 Å². The minimum atomic E-state index is -1.28. The van der Waals surface area contributed by atoms with E-state index in [1.807, 2.05) is 55.5 Å². The number of hydrogen-bond acceptors (Lipinski definition) is 9. The van der Waals surface area contributed by atoms with Crippen molar-refractivity contribution in [2.75, 3.05) is 0 Å². The van der Waals surface area contributed by atoms with E-state index in [1.54, 1.807) is 28.8 Å². The molecular weight excluding hydrogens is 628 g/mol. The van der Waals surface area contributed by atoms with Gasteiger partial charge in [-0.1, -0.05) is 97.7 Å². The molecule has 15 heteroatoms. The Morgan fingerprint density at radius 2 is 1.72 bits per heavy atom. The van der Waals surface area contributed by atoms with Crippen LogP contribution in [-0.4, -0.2) is 58.3 Å². The number of benzene rings is 3. The number of aryl methyl sites for hydroxylation is 1. The Bertz CT molecular complexity index is 1840. The molecule has 3 aromatic carbocycles. The number of nitrogens with one attached hydrogen (secondary N) is 2. The largest absolute Gasteiger partial charge is 0.480 e. The molecule has 242 valence electrons. The number of H-pyrrole nitrogens is 1. The van der Waals surface area contributed by atoms with Crippen molar-refractivity contribution < 1.29 is 24.6 Å². The zero-order valence-electron chi connectivity index (χ0n) is 25.3. The summed E-state index contributed by atoms with van der Waals surface area (Å²) in [6.45, 7) is 2.10. The van der Waals surface area contributed by atoms with Crippen LogP contribution in [0.2, 0.25) is 5.15 Å². The minimum Gasteiger partial charge on any atom is -0.480 e. The fourth-order valence-corrected chi connectivity index (χ4v) is 5.40. The van der Waals surface area contributed by atoms with Crippen molar-refractivity contribution in [2.45, 2.75) is 51.8 Å². The highest BCUT2D eigenvalue weighted by molar-refractivity contribution is 6.32. The first kappa shape index (κ1) is 32.8. The lowest BCUT2D eigenvalue weighted by Crippen LogP contribution is -2.43. The fraction of sp³-hybridized carbons (Fsp3) is 0.250. The molecule has 14 nitrogen and oxygen atoms in total. The van der Waals surface area contributed by atoms with E-state index < -0.39 is 23.0 Å². The molecule has 0 fully saturated rings. The number of aromatic nitrogens is 6. The van der Waals surface area contributed by atoms with Crippen LogP contribution in [0.25, 0.3) is 22.5 Å². The van der Waals surface area contributed by atoms with Crippen LogP contribution in [0.5, 0.6) is 0 Å². The summed E-state index contributed by atoms with van der Waals surface area (Å²) in [6, 6.07) is 20.7. The van der Waals surface area contributed by atoms with Crippen molar-refractivity contribution in [3.05, 3.63) is 116 Å². The summed E-state index contributed by atoms with van der Waals surface area (Å²) >= 11 is 6.53. The summed E-state index contributed by atoms with van der Waals surface area (Å²) in [5.74, 6) is -0.802. The van der Waals surface area contributed by atoms with Gasteiger partial charge in [-0.2, -0.15) is 5.21 Å². The van der Waals surface area contributed by atoms with Crippen molar-refractivity contribution in [1.82, 2.24) is 35.5 Å². The summed E-state index contributed by atoms with van der Waals surface area (Å²) in [7, 11) is 0. The van der Waals surface area contributed by atoms with Crippen LogP contribution >= 0.6 is 11.6 Å². The van der Waals surface area contributed by atoms with Crippen LogP contribution in [0.15, 0.2) is 72.8 Å². The molecule has 0 spiro atoms. The molecule has 0 radical (unpaired) electrons. The van der Waals surface area contributed by atoms with Gasteiger partial charge in [0.2, 0.25) is 5.82 Å². The summed E-state index contributed by atoms with van der Waals surface area (Å²) in [6.07, 6.45) is 2.27. The van der Waals surface area contributed by atoms with Crippen LogP contribution in [-0.2, 0) is 35.6 Å². The zero-order chi connectivity index (χ0) is 33.3. The number of aromatic amines is 1. The van der Waals surface area contributed by atoms with Crippen LogP contribution in [0.3, 0.4) is 0 Å². The van der Waals surface area contributed by atoms with Gasteiger partial charge in [-0.25, -0.2) is 9.78 Å². The average molecular weight is 659 g/mol. The third-order valence-electron chi connectivity index (χ3n) is 7.49. The van der Waals surface area contributed by atoms with E-state index >= 15 is 0 Å². The van der Waals surface area contributed by atoms with Crippen molar-refractivity contribution in [3.63, 3.8) is 0 Å². The average Bonchev–Trinajstić information content (AvgIpc) is 3.71. The van der Waals surface area contributed by atoms with Crippen molar-refractivity contribution in [2.24, 2.45) is 0 Å². The Morgan fingerprint density at radius 1 is 1.04 bits per heavy atom. The number of hydrogen-bond donors (Lipinski definition) is 3. The first-order valence-electron chi connectivity index (χ1n) is 14.8. The van der Waals surface area contributed by atoms with E-state index in [9.17, 15) is 24.8 Å². The molecular formula is C32H31ClN8O6. The molecule has 0 saturated carbocycles. The molecule has 0 aliphatic heterocycles. The van der Waals surface area contributed by atoms with Gasteiger partial charge in [-0.15, -0.1) is 20.3 Å². The van der Waals surface area contributed by atoms with Gasteiger partial charge in [0.25, 0.3) is 11.0 Å². The van der Waals surface area contributed by atoms with Crippen molar-refractivity contribution in [1.29, 1.82) is 0 Å². The number of imidazole rings is 1. The zero-order valence-corrected chi connectivity index (χ0v) is 26.1. The number of unbranched alkanes of at least 4 members (excludes halogenated alkanes) is 1. The number of carboxylic acid groups (broad SMARTS) is 1. The molecule has 0 saturated heterocycles. The summed E-state index contributed by atoms with van der Waals surface area (Å²) in [4.78, 5) is 45.1. The van der Waals surface area contributed by atoms with E-state index in [0.29, 0.717) is 29.2 Å². The molecule has 3 N–H and O–H groups in total. The normalized spacial score (nSPS) is 11.6. The maximum atomic E-state index is 13.6. The van der Waals surface area contributed by atoms with E-state index in [2.05, 4.69) is 35.8 Å². The number of rotatable bonds is 15. The second-order valence-electron chi connectivity index (χ2n) is 10.7. The first-order chi connectivity index (χ1) is 22.7. The predicted octanol–water partition coefficient (Wildman–Crippen LogP) is 4.91. The smallest absolute Gasteiger partial charge is 0.326 e. The van der Waals surface area contributed by atoms with Gasteiger partial charge in [0.05, 0.1) is 0 Å². The molecule has 0 aliphatic rings. The second kappa shape index (κ2) is 15.1. The monoisotopic (exact) mass is 658 g/mol. The third-order valence-corrected chi connectivity index (χ3v) is 7.76. The van der Waals surface area contributed by atoms with Gasteiger partial charge in [0, 0.05) is 24.9 Å². The molecule has 5 rings (SSSR count). The van der Waals surface area contributed by atoms with Crippen LogP contribution in [0.4, 0.5) is 0 Å². The molecule has 0 bridgehead atoms. The topological polar surface area (TPSA) is 191 Å². The van der Waals surface area contributed by atoms with Gasteiger partial charge >= 0.3 is 5.97 Å². The Labute approximate surface area is 273 Å². The van der Waals surface area contributed by atoms with E-state index in [-0.39, 0.29) is 30.4 Å². The number of carbonyl (C=O) groups excluding carboxylic acids is 1. The molecule has 1 unspecified atom stereocenters. The molecule has 1 atom stereocenters. The Balaban J connectivity index is 1.37. The van der Waals surface area contributed by atoms with Gasteiger partial charge in [0.1, 0.15) is 24.2 Å². The Morgan fingerprint density at radius 3 is 2.36 bits per heavy atom. The number of nitrogens with zero attached hydrogens (tertiary/aromatic N) is 6. The van der Waals surface area contributed by atoms with E-state index in [1.165, 1.54) is 0 Å². The molecule has 2 aromatic heterocycles. The lowest BCUT2D eigenvalue weighted by molar-refractivity contribution is -0.763. The first-order valence-corrected chi connectivity index (χ1v) is 15.2. The number of halogens is 1. The molecule has 0 aliphatic carbocycles. The number of tetrazole rings is 1. The Kier molecular flexibility index (Phi) is 10.5. The number of carboxylic acids is 1. The summed E-state index contributed by atoms with van der Waals surface area (Å²) in [5.41, 5.74) is 4.78. The molecule has 47 heavy (non-hydrogen) atoms. The lowest BCUT2D eigenvalue weighted by atomic mass is 9.98. The fourth-order valence-electron chi connectivity index (χ4n) is 5.12. The van der Waals surface area contributed by atoms with E-state index in [4.69, 9.17) is 11.6 Å². The van der Waals surface area contributed by atoms with Gasteiger partial charge < -0.3 is 19.8 Å². The Hall–Kier alpha value is -5.63. The lowest BCUT2D eigenvalue weighted by Gasteiger charge is -2.17. The standard InChI is InChI=1S/C32H31ClN8O6/c1-2-3-8-27-35-29(33)28(31(42)34-26(32(43)44)17-20-9-11-22(12-10-20)19-47-41(45)46)40(27)18-21-13-15-23(16-14-21)24-6-4-5-7-25(24)30-36-38-39-37-30/h4-7,9-16,26H,2-3,8,17-19H2,1H3,(H,34,42)(H,43,44)(H,36,37,38,39). The number of amides is 1. The highest BCUT2D eigenvalue weighted by atomic mass is 35.5. The highest BCUT2D eigenvalue weighted by Gasteiger charge is 2.27. The summed E-state index contributed by atoms with van der Waals surface area (Å²) < 4.78 is 1.73.